The maximum absolute atomic E-state index is 15.0. The van der Waals surface area contributed by atoms with E-state index in [2.05, 4.69) is 25.5 Å². The van der Waals surface area contributed by atoms with E-state index in [1.165, 1.54) is 11.8 Å². The standard InChI is InChI=1S/C25H27ClFN5O2S/c1-34-16-3-4-21-18(10-16)17(19(26)11-29-21)7-9-32(22-6-8-28-12-20(22)27)13-15-2-5-23-25(30-15)31-24(33)14-35-23/h2-5,10-11,20,22,28H,6-9,12-14H2,1H3,(H,30,31,33)/t20-,22+/m0/s1. The van der Waals surface area contributed by atoms with Crippen molar-refractivity contribution in [3.8, 4) is 5.75 Å². The quantitative estimate of drug-likeness (QED) is 0.491. The highest BCUT2D eigenvalue weighted by atomic mass is 35.5. The number of nitrogens with zero attached hydrogens (tertiary/aromatic N) is 3. The van der Waals surface area contributed by atoms with Crippen molar-refractivity contribution in [3.63, 3.8) is 0 Å². The first-order valence-electron chi connectivity index (χ1n) is 11.6. The number of rotatable bonds is 7. The molecule has 0 saturated carbocycles. The minimum absolute atomic E-state index is 0.0548. The molecule has 2 aromatic heterocycles. The van der Waals surface area contributed by atoms with Crippen molar-refractivity contribution in [2.75, 3.05) is 37.8 Å². The second-order valence-corrected chi connectivity index (χ2v) is 10.2. The van der Waals surface area contributed by atoms with Gasteiger partial charge in [0.05, 0.1) is 34.0 Å². The molecule has 1 fully saturated rings. The number of alkyl halides is 1. The van der Waals surface area contributed by atoms with Crippen LogP contribution in [0, 0.1) is 0 Å². The third-order valence-electron chi connectivity index (χ3n) is 6.52. The summed E-state index contributed by atoms with van der Waals surface area (Å²) in [5, 5.41) is 7.50. The van der Waals surface area contributed by atoms with E-state index in [-0.39, 0.29) is 11.9 Å². The van der Waals surface area contributed by atoms with E-state index in [4.69, 9.17) is 16.3 Å². The van der Waals surface area contributed by atoms with Crippen LogP contribution in [0.25, 0.3) is 10.9 Å². The number of pyridine rings is 2. The Labute approximate surface area is 212 Å². The van der Waals surface area contributed by atoms with Gasteiger partial charge < -0.3 is 15.4 Å². The number of anilines is 1. The summed E-state index contributed by atoms with van der Waals surface area (Å²) in [7, 11) is 1.63. The maximum atomic E-state index is 15.0. The minimum atomic E-state index is -0.985. The van der Waals surface area contributed by atoms with Crippen LogP contribution in [0.15, 0.2) is 41.4 Å². The largest absolute Gasteiger partial charge is 0.497 e. The molecule has 184 valence electrons. The topological polar surface area (TPSA) is 79.4 Å². The fourth-order valence-electron chi connectivity index (χ4n) is 4.72. The Balaban J connectivity index is 1.42. The van der Waals surface area contributed by atoms with Crippen LogP contribution >= 0.6 is 23.4 Å². The van der Waals surface area contributed by atoms with Crippen molar-refractivity contribution in [2.45, 2.75) is 36.5 Å². The van der Waals surface area contributed by atoms with Gasteiger partial charge in [-0.3, -0.25) is 14.7 Å². The third-order valence-corrected chi connectivity index (χ3v) is 7.90. The molecule has 35 heavy (non-hydrogen) atoms. The van der Waals surface area contributed by atoms with Gasteiger partial charge in [0.25, 0.3) is 0 Å². The molecule has 2 atom stereocenters. The van der Waals surface area contributed by atoms with Crippen molar-refractivity contribution in [1.82, 2.24) is 20.2 Å². The lowest BCUT2D eigenvalue weighted by molar-refractivity contribution is -0.113. The summed E-state index contributed by atoms with van der Waals surface area (Å²) >= 11 is 8.07. The van der Waals surface area contributed by atoms with Crippen molar-refractivity contribution in [3.05, 3.63) is 52.8 Å². The molecule has 10 heteroatoms. The summed E-state index contributed by atoms with van der Waals surface area (Å²) in [6.45, 7) is 2.17. The van der Waals surface area contributed by atoms with Crippen LogP contribution in [0.5, 0.6) is 5.75 Å². The average molecular weight is 516 g/mol. The number of nitrogens with one attached hydrogen (secondary N) is 2. The Bertz CT molecular complexity index is 1250. The summed E-state index contributed by atoms with van der Waals surface area (Å²) < 4.78 is 20.5. The van der Waals surface area contributed by atoms with E-state index < -0.39 is 6.17 Å². The zero-order chi connectivity index (χ0) is 24.4. The molecule has 0 bridgehead atoms. The molecule has 0 aliphatic carbocycles. The molecule has 2 aliphatic rings. The zero-order valence-corrected chi connectivity index (χ0v) is 21.0. The molecule has 5 rings (SSSR count). The van der Waals surface area contributed by atoms with Gasteiger partial charge in [-0.25, -0.2) is 9.37 Å². The number of carbonyl (C=O) groups is 1. The van der Waals surface area contributed by atoms with Gasteiger partial charge in [-0.05, 0) is 55.3 Å². The second kappa shape index (κ2) is 10.7. The van der Waals surface area contributed by atoms with Gasteiger partial charge in [0, 0.05) is 37.3 Å². The molecule has 0 radical (unpaired) electrons. The van der Waals surface area contributed by atoms with Crippen LogP contribution in [0.3, 0.4) is 0 Å². The highest BCUT2D eigenvalue weighted by Crippen LogP contribution is 2.31. The number of thioether (sulfide) groups is 1. The Hall–Kier alpha value is -2.46. The monoisotopic (exact) mass is 515 g/mol. The Morgan fingerprint density at radius 3 is 3.03 bits per heavy atom. The number of carbonyl (C=O) groups excluding carboxylic acids is 1. The predicted octanol–water partition coefficient (Wildman–Crippen LogP) is 4.08. The minimum Gasteiger partial charge on any atom is -0.497 e. The van der Waals surface area contributed by atoms with Crippen molar-refractivity contribution in [2.24, 2.45) is 0 Å². The summed E-state index contributed by atoms with van der Waals surface area (Å²) in [5.41, 5.74) is 2.60. The average Bonchev–Trinajstić information content (AvgIpc) is 2.87. The molecular weight excluding hydrogens is 489 g/mol. The van der Waals surface area contributed by atoms with Gasteiger partial charge in [0.2, 0.25) is 5.91 Å². The SMILES string of the molecule is COc1ccc2ncc(Cl)c(CCN(Cc3ccc4c(n3)NC(=O)CS4)[C@@H]3CCNC[C@@H]3F)c2c1. The molecule has 4 heterocycles. The van der Waals surface area contributed by atoms with Crippen LogP contribution in [0.1, 0.15) is 17.7 Å². The maximum Gasteiger partial charge on any atom is 0.235 e. The summed E-state index contributed by atoms with van der Waals surface area (Å²) in [6.07, 6.45) is 2.02. The molecule has 3 aromatic rings. The Kier molecular flexibility index (Phi) is 7.38. The Morgan fingerprint density at radius 1 is 1.31 bits per heavy atom. The van der Waals surface area contributed by atoms with Crippen molar-refractivity contribution in [1.29, 1.82) is 0 Å². The van der Waals surface area contributed by atoms with E-state index >= 15 is 4.39 Å². The summed E-state index contributed by atoms with van der Waals surface area (Å²) in [4.78, 5) is 24.1. The molecule has 7 nitrogen and oxygen atoms in total. The lowest BCUT2D eigenvalue weighted by Gasteiger charge is -2.37. The number of benzene rings is 1. The zero-order valence-electron chi connectivity index (χ0n) is 19.4. The fourth-order valence-corrected chi connectivity index (χ4v) is 5.72. The van der Waals surface area contributed by atoms with Crippen molar-refractivity contribution >= 4 is 46.0 Å². The van der Waals surface area contributed by atoms with Crippen LogP contribution in [0.2, 0.25) is 5.02 Å². The molecule has 2 aliphatic heterocycles. The van der Waals surface area contributed by atoms with E-state index in [1.807, 2.05) is 30.3 Å². The molecule has 1 amide bonds. The van der Waals surface area contributed by atoms with Gasteiger partial charge in [-0.1, -0.05) is 11.6 Å². The second-order valence-electron chi connectivity index (χ2n) is 8.75. The van der Waals surface area contributed by atoms with Crippen LogP contribution in [0.4, 0.5) is 10.2 Å². The van der Waals surface area contributed by atoms with Gasteiger partial charge in [-0.15, -0.1) is 11.8 Å². The number of hydrogen-bond donors (Lipinski definition) is 2. The molecule has 0 unspecified atom stereocenters. The summed E-state index contributed by atoms with van der Waals surface area (Å²) in [6, 6.07) is 9.45. The number of methoxy groups -OCH3 is 1. The molecule has 1 aromatic carbocycles. The number of hydrogen-bond acceptors (Lipinski definition) is 7. The van der Waals surface area contributed by atoms with Crippen molar-refractivity contribution < 1.29 is 13.9 Å². The van der Waals surface area contributed by atoms with Gasteiger partial charge >= 0.3 is 0 Å². The molecule has 0 spiro atoms. The number of amides is 1. The van der Waals surface area contributed by atoms with Gasteiger partial charge in [0.1, 0.15) is 17.7 Å². The number of aromatic nitrogens is 2. The molecule has 1 saturated heterocycles. The predicted molar refractivity (Wildman–Crippen MR) is 137 cm³/mol. The highest BCUT2D eigenvalue weighted by Gasteiger charge is 2.31. The Morgan fingerprint density at radius 2 is 2.20 bits per heavy atom. The van der Waals surface area contributed by atoms with Crippen LogP contribution in [-0.4, -0.2) is 65.5 Å². The number of fused-ring (bicyclic) bond motifs is 2. The van der Waals surface area contributed by atoms with Crippen LogP contribution < -0.4 is 15.4 Å². The highest BCUT2D eigenvalue weighted by molar-refractivity contribution is 8.00. The first-order chi connectivity index (χ1) is 17.0. The number of halogens is 2. The smallest absolute Gasteiger partial charge is 0.235 e. The van der Waals surface area contributed by atoms with E-state index in [9.17, 15) is 4.79 Å². The lowest BCUT2D eigenvalue weighted by atomic mass is 10.0. The van der Waals surface area contributed by atoms with Crippen LogP contribution in [-0.2, 0) is 17.8 Å². The van der Waals surface area contributed by atoms with E-state index in [1.54, 1.807) is 13.3 Å². The lowest BCUT2D eigenvalue weighted by Crippen LogP contribution is -2.51. The number of ether oxygens (including phenoxy) is 1. The number of piperidine rings is 1. The van der Waals surface area contributed by atoms with E-state index in [0.717, 1.165) is 39.4 Å². The fraction of sp³-hybridized carbons (Fsp3) is 0.400. The summed E-state index contributed by atoms with van der Waals surface area (Å²) in [5.74, 6) is 1.66. The first-order valence-corrected chi connectivity index (χ1v) is 13.0. The molecular formula is C25H27ClFN5O2S. The third kappa shape index (κ3) is 5.38. The van der Waals surface area contributed by atoms with Gasteiger partial charge in [0.15, 0.2) is 0 Å². The normalized spacial score (nSPS) is 20.1. The molecule has 2 N–H and O–H groups in total. The first kappa shape index (κ1) is 24.2. The van der Waals surface area contributed by atoms with Gasteiger partial charge in [-0.2, -0.15) is 0 Å². The van der Waals surface area contributed by atoms with E-state index in [0.29, 0.717) is 49.1 Å².